The summed E-state index contributed by atoms with van der Waals surface area (Å²) in [6, 6.07) is 8.14. The summed E-state index contributed by atoms with van der Waals surface area (Å²) in [5.41, 5.74) is 7.95. The topological polar surface area (TPSA) is 74.2 Å². The number of nitrogens with one attached hydrogen (secondary N) is 2. The number of aromatic amines is 1. The number of H-pyrrole nitrogens is 1. The summed E-state index contributed by atoms with van der Waals surface area (Å²) < 4.78 is 0. The van der Waals surface area contributed by atoms with E-state index in [1.807, 2.05) is 24.3 Å². The maximum atomic E-state index is 12.1. The molecule has 5 heteroatoms. The molecule has 1 aromatic carbocycles. The third-order valence-electron chi connectivity index (χ3n) is 3.81. The van der Waals surface area contributed by atoms with Crippen molar-refractivity contribution in [3.63, 3.8) is 0 Å². The Hall–Kier alpha value is -2.01. The third kappa shape index (κ3) is 2.77. The first kappa shape index (κ1) is 13.0. The number of rotatable bonds is 5. The first-order valence-electron chi connectivity index (χ1n) is 7.00. The molecule has 0 spiro atoms. The predicted octanol–water partition coefficient (Wildman–Crippen LogP) is 1.57. The monoisotopic (exact) mass is 272 g/mol. The number of hydrogen-bond donors (Lipinski definition) is 3. The van der Waals surface area contributed by atoms with Crippen molar-refractivity contribution in [2.24, 2.45) is 0 Å². The van der Waals surface area contributed by atoms with Crippen molar-refractivity contribution in [3.05, 3.63) is 30.0 Å². The molecule has 1 amide bonds. The number of hydrogen-bond acceptors (Lipinski definition) is 3. The van der Waals surface area contributed by atoms with Crippen LogP contribution in [0, 0.1) is 0 Å². The number of fused-ring (bicyclic) bond motifs is 1. The molecule has 2 aromatic rings. The van der Waals surface area contributed by atoms with Crippen molar-refractivity contribution in [2.45, 2.75) is 18.9 Å². The fraction of sp³-hybridized carbons (Fsp3) is 0.400. The van der Waals surface area contributed by atoms with Gasteiger partial charge >= 0.3 is 0 Å². The van der Waals surface area contributed by atoms with E-state index in [1.165, 1.54) is 12.8 Å². The van der Waals surface area contributed by atoms with E-state index in [9.17, 15) is 4.79 Å². The zero-order valence-corrected chi connectivity index (χ0v) is 11.6. The van der Waals surface area contributed by atoms with E-state index in [0.717, 1.165) is 23.5 Å². The summed E-state index contributed by atoms with van der Waals surface area (Å²) in [4.78, 5) is 17.5. The van der Waals surface area contributed by atoms with Crippen LogP contribution in [0.1, 0.15) is 23.3 Å². The Kier molecular flexibility index (Phi) is 3.36. The van der Waals surface area contributed by atoms with Crippen LogP contribution in [0.25, 0.3) is 10.9 Å². The van der Waals surface area contributed by atoms with E-state index in [1.54, 1.807) is 0 Å². The Bertz CT molecular complexity index is 630. The Balaban J connectivity index is 1.60. The SMILES string of the molecule is CN(CCNC(=O)c1cc2cc(N)ccc2[nH]1)C1CC1. The Labute approximate surface area is 118 Å². The van der Waals surface area contributed by atoms with Crippen molar-refractivity contribution < 1.29 is 4.79 Å². The largest absolute Gasteiger partial charge is 0.399 e. The maximum Gasteiger partial charge on any atom is 0.267 e. The summed E-state index contributed by atoms with van der Waals surface area (Å²) in [6.07, 6.45) is 2.57. The molecule has 0 bridgehead atoms. The van der Waals surface area contributed by atoms with Gasteiger partial charge in [-0.2, -0.15) is 0 Å². The molecule has 1 aliphatic rings. The highest BCUT2D eigenvalue weighted by atomic mass is 16.1. The quantitative estimate of drug-likeness (QED) is 0.723. The number of carbonyl (C=O) groups excluding carboxylic acids is 1. The number of benzene rings is 1. The molecule has 1 heterocycles. The van der Waals surface area contributed by atoms with Gasteiger partial charge in [0.25, 0.3) is 5.91 Å². The minimum Gasteiger partial charge on any atom is -0.399 e. The van der Waals surface area contributed by atoms with Gasteiger partial charge in [-0.05, 0) is 44.2 Å². The van der Waals surface area contributed by atoms with E-state index in [0.29, 0.717) is 17.9 Å². The summed E-state index contributed by atoms with van der Waals surface area (Å²) >= 11 is 0. The number of amides is 1. The normalized spacial score (nSPS) is 14.9. The number of anilines is 1. The van der Waals surface area contributed by atoms with Gasteiger partial charge in [-0.1, -0.05) is 0 Å². The van der Waals surface area contributed by atoms with Crippen LogP contribution in [0.3, 0.4) is 0 Å². The van der Waals surface area contributed by atoms with Gasteiger partial charge in [0, 0.05) is 35.7 Å². The average molecular weight is 272 g/mol. The summed E-state index contributed by atoms with van der Waals surface area (Å²) in [5, 5.41) is 3.91. The average Bonchev–Trinajstić information content (AvgIpc) is 3.18. The standard InChI is InChI=1S/C15H20N4O/c1-19(12-3-4-12)7-6-17-15(20)14-9-10-8-11(16)2-5-13(10)18-14/h2,5,8-9,12,18H,3-4,6-7,16H2,1H3,(H,17,20). The second kappa shape index (κ2) is 5.17. The molecule has 106 valence electrons. The van der Waals surface area contributed by atoms with Gasteiger partial charge in [0.05, 0.1) is 0 Å². The van der Waals surface area contributed by atoms with Crippen molar-refractivity contribution in [1.29, 1.82) is 0 Å². The van der Waals surface area contributed by atoms with Crippen LogP contribution in [-0.2, 0) is 0 Å². The van der Waals surface area contributed by atoms with Crippen LogP contribution < -0.4 is 11.1 Å². The number of nitrogens with zero attached hydrogens (tertiary/aromatic N) is 1. The van der Waals surface area contributed by atoms with Crippen molar-refractivity contribution in [1.82, 2.24) is 15.2 Å². The molecule has 1 saturated carbocycles. The van der Waals surface area contributed by atoms with Crippen LogP contribution in [0.5, 0.6) is 0 Å². The molecule has 1 aliphatic carbocycles. The predicted molar refractivity (Wildman–Crippen MR) is 80.7 cm³/mol. The van der Waals surface area contributed by atoms with Gasteiger partial charge in [-0.25, -0.2) is 0 Å². The molecule has 1 aromatic heterocycles. The smallest absolute Gasteiger partial charge is 0.267 e. The highest BCUT2D eigenvalue weighted by molar-refractivity contribution is 5.98. The molecule has 0 saturated heterocycles. The molecule has 3 rings (SSSR count). The lowest BCUT2D eigenvalue weighted by molar-refractivity contribution is 0.0945. The number of nitrogen functional groups attached to an aromatic ring is 1. The van der Waals surface area contributed by atoms with Gasteiger partial charge in [0.15, 0.2) is 0 Å². The van der Waals surface area contributed by atoms with Crippen molar-refractivity contribution >= 4 is 22.5 Å². The lowest BCUT2D eigenvalue weighted by Gasteiger charge is -2.15. The lowest BCUT2D eigenvalue weighted by atomic mass is 10.2. The van der Waals surface area contributed by atoms with E-state index in [4.69, 9.17) is 5.73 Å². The highest BCUT2D eigenvalue weighted by Gasteiger charge is 2.25. The molecule has 0 unspecified atom stereocenters. The zero-order chi connectivity index (χ0) is 14.1. The molecular formula is C15H20N4O. The fourth-order valence-corrected chi connectivity index (χ4v) is 2.41. The van der Waals surface area contributed by atoms with E-state index >= 15 is 0 Å². The lowest BCUT2D eigenvalue weighted by Crippen LogP contribution is -2.34. The summed E-state index contributed by atoms with van der Waals surface area (Å²) in [7, 11) is 2.11. The maximum absolute atomic E-state index is 12.1. The second-order valence-electron chi connectivity index (χ2n) is 5.50. The van der Waals surface area contributed by atoms with Gasteiger partial charge in [-0.3, -0.25) is 4.79 Å². The van der Waals surface area contributed by atoms with Gasteiger partial charge < -0.3 is 20.9 Å². The van der Waals surface area contributed by atoms with E-state index in [2.05, 4.69) is 22.2 Å². The van der Waals surface area contributed by atoms with Crippen LogP contribution in [-0.4, -0.2) is 42.0 Å². The fourth-order valence-electron chi connectivity index (χ4n) is 2.41. The molecule has 0 radical (unpaired) electrons. The van der Waals surface area contributed by atoms with E-state index in [-0.39, 0.29) is 5.91 Å². The number of likely N-dealkylation sites (N-methyl/N-ethyl adjacent to an activating group) is 1. The number of carbonyl (C=O) groups is 1. The molecule has 1 fully saturated rings. The van der Waals surface area contributed by atoms with Gasteiger partial charge in [0.1, 0.15) is 5.69 Å². The Morgan fingerprint density at radius 1 is 1.45 bits per heavy atom. The first-order valence-corrected chi connectivity index (χ1v) is 7.00. The zero-order valence-electron chi connectivity index (χ0n) is 11.6. The number of aromatic nitrogens is 1. The molecule has 20 heavy (non-hydrogen) atoms. The van der Waals surface area contributed by atoms with E-state index < -0.39 is 0 Å². The third-order valence-corrected chi connectivity index (χ3v) is 3.81. The van der Waals surface area contributed by atoms with Crippen LogP contribution in [0.4, 0.5) is 5.69 Å². The second-order valence-corrected chi connectivity index (χ2v) is 5.50. The molecule has 4 N–H and O–H groups in total. The highest BCUT2D eigenvalue weighted by Crippen LogP contribution is 2.24. The minimum atomic E-state index is -0.0658. The van der Waals surface area contributed by atoms with Crippen molar-refractivity contribution in [2.75, 3.05) is 25.9 Å². The molecular weight excluding hydrogens is 252 g/mol. The van der Waals surface area contributed by atoms with Crippen LogP contribution in [0.2, 0.25) is 0 Å². The van der Waals surface area contributed by atoms with Crippen molar-refractivity contribution in [3.8, 4) is 0 Å². The van der Waals surface area contributed by atoms with Crippen LogP contribution >= 0.6 is 0 Å². The van der Waals surface area contributed by atoms with Gasteiger partial charge in [-0.15, -0.1) is 0 Å². The number of nitrogens with two attached hydrogens (primary N) is 1. The Morgan fingerprint density at radius 2 is 2.25 bits per heavy atom. The first-order chi connectivity index (χ1) is 9.63. The Morgan fingerprint density at radius 3 is 3.00 bits per heavy atom. The summed E-state index contributed by atoms with van der Waals surface area (Å²) in [6.45, 7) is 1.56. The van der Waals surface area contributed by atoms with Crippen LogP contribution in [0.15, 0.2) is 24.3 Å². The molecule has 0 atom stereocenters. The molecule has 5 nitrogen and oxygen atoms in total. The van der Waals surface area contributed by atoms with Gasteiger partial charge in [0.2, 0.25) is 0 Å². The molecule has 0 aliphatic heterocycles. The summed E-state index contributed by atoms with van der Waals surface area (Å²) in [5.74, 6) is -0.0658. The minimum absolute atomic E-state index is 0.0658.